The number of aromatic carboxylic acids is 1. The van der Waals surface area contributed by atoms with Crippen molar-refractivity contribution in [1.82, 2.24) is 0 Å². The zero-order valence-corrected chi connectivity index (χ0v) is 13.1. The van der Waals surface area contributed by atoms with Crippen LogP contribution in [0.15, 0.2) is 30.3 Å². The molecule has 0 saturated heterocycles. The molecule has 0 spiro atoms. The molecule has 0 unspecified atom stereocenters. The first-order valence-electron chi connectivity index (χ1n) is 4.89. The van der Waals surface area contributed by atoms with E-state index in [2.05, 4.69) is 0 Å². The van der Waals surface area contributed by atoms with Gasteiger partial charge in [-0.15, -0.1) is 0 Å². The van der Waals surface area contributed by atoms with Crippen LogP contribution in [0, 0.1) is 0 Å². The highest BCUT2D eigenvalue weighted by Crippen LogP contribution is 2.03. The van der Waals surface area contributed by atoms with Gasteiger partial charge in [0.05, 0.1) is 5.56 Å². The highest BCUT2D eigenvalue weighted by molar-refractivity contribution is 6.63. The largest absolute Gasteiger partial charge is 0.478 e. The van der Waals surface area contributed by atoms with Crippen molar-refractivity contribution in [3.63, 3.8) is 0 Å². The van der Waals surface area contributed by atoms with Crippen LogP contribution in [-0.2, 0) is 4.79 Å². The number of halogens is 3. The van der Waals surface area contributed by atoms with Gasteiger partial charge in [0.1, 0.15) is 5.78 Å². The number of benzene rings is 1. The van der Waals surface area contributed by atoms with Crippen LogP contribution in [0.4, 0.5) is 0 Å². The monoisotopic (exact) mass is 330 g/mol. The smallest absolute Gasteiger partial charge is 0.335 e. The summed E-state index contributed by atoms with van der Waals surface area (Å²) >= 11 is 14.4. The Bertz CT molecular complexity index is 322. The predicted octanol–water partition coefficient (Wildman–Crippen LogP) is 3.58. The fraction of sp³-hybridized carbons (Fsp3) is 0.333. The van der Waals surface area contributed by atoms with Crippen molar-refractivity contribution >= 4 is 46.6 Å². The first-order chi connectivity index (χ1) is 8.77. The number of Topliss-reactive ketones (excluding diaryl/α,β-unsaturated/α-hetero) is 1. The van der Waals surface area contributed by atoms with Crippen molar-refractivity contribution < 1.29 is 19.8 Å². The molecule has 0 aliphatic heterocycles. The minimum Gasteiger partial charge on any atom is -0.478 e. The van der Waals surface area contributed by atoms with E-state index in [9.17, 15) is 9.59 Å². The molecule has 1 rings (SSSR count). The molecule has 0 saturated carbocycles. The molecule has 0 aromatic heterocycles. The summed E-state index contributed by atoms with van der Waals surface area (Å²) in [5.41, 5.74) is 0.331. The number of carbonyl (C=O) groups excluding carboxylic acids is 1. The lowest BCUT2D eigenvalue weighted by molar-refractivity contribution is -0.115. The molecule has 0 aliphatic carbocycles. The molecular weight excluding hydrogens is 314 g/mol. The van der Waals surface area contributed by atoms with Gasteiger partial charge in [0.15, 0.2) is 4.30 Å². The van der Waals surface area contributed by atoms with E-state index in [1.807, 2.05) is 0 Å². The van der Waals surface area contributed by atoms with Crippen LogP contribution >= 0.6 is 34.8 Å². The second-order valence-corrected chi connectivity index (χ2v) is 4.81. The normalized spacial score (nSPS) is 7.79. The average Bonchev–Trinajstić information content (AvgIpc) is 2.31. The van der Waals surface area contributed by atoms with E-state index in [4.69, 9.17) is 45.0 Å². The number of carbonyl (C=O) groups is 2. The molecule has 0 heterocycles. The summed E-state index contributed by atoms with van der Waals surface area (Å²) in [6.07, 6.45) is 0. The molecule has 4 nitrogen and oxygen atoms in total. The third kappa shape index (κ3) is 31.7. The fourth-order valence-corrected chi connectivity index (χ4v) is 0.581. The number of carboxylic acids is 1. The topological polar surface area (TPSA) is 74.6 Å². The minimum atomic E-state index is -0.879. The second-order valence-electron chi connectivity index (χ2n) is 2.83. The van der Waals surface area contributed by atoms with Gasteiger partial charge < -0.3 is 15.0 Å². The summed E-state index contributed by atoms with van der Waals surface area (Å²) < 4.78 is -0.750. The Balaban J connectivity index is -0.000000217. The Morgan fingerprint density at radius 1 is 1.00 bits per heavy atom. The van der Waals surface area contributed by atoms with Gasteiger partial charge in [-0.2, -0.15) is 0 Å². The Morgan fingerprint density at radius 3 is 1.42 bits per heavy atom. The maximum Gasteiger partial charge on any atom is 0.335 e. The molecule has 1 aromatic carbocycles. The number of aliphatic hydroxyl groups excluding tert-OH is 1. The van der Waals surface area contributed by atoms with E-state index in [0.29, 0.717) is 5.56 Å². The van der Waals surface area contributed by atoms with E-state index in [1.54, 1.807) is 30.3 Å². The maximum absolute atomic E-state index is 10.2. The molecule has 7 heteroatoms. The summed E-state index contributed by atoms with van der Waals surface area (Å²) in [4.78, 5) is 19.6. The standard InChI is InChI=1S/C7H6O2.C3H6O.CHCl3.CH4O/c8-7(9)6-4-2-1-3-5-6;1-3(2)4;2-1(3)4;1-2/h1-5H,(H,8,9);1-2H3;1H;2H,1H3. The molecule has 2 N–H and O–H groups in total. The predicted molar refractivity (Wildman–Crippen MR) is 79.2 cm³/mol. The molecule has 19 heavy (non-hydrogen) atoms. The van der Waals surface area contributed by atoms with Crippen LogP contribution in [0.2, 0.25) is 0 Å². The summed E-state index contributed by atoms with van der Waals surface area (Å²) in [6, 6.07) is 8.30. The van der Waals surface area contributed by atoms with E-state index >= 15 is 0 Å². The van der Waals surface area contributed by atoms with Crippen molar-refractivity contribution in [2.75, 3.05) is 7.11 Å². The van der Waals surface area contributed by atoms with Crippen LogP contribution < -0.4 is 0 Å². The number of aliphatic hydroxyl groups is 1. The zero-order valence-electron chi connectivity index (χ0n) is 10.8. The van der Waals surface area contributed by atoms with Gasteiger partial charge >= 0.3 is 5.97 Å². The average molecular weight is 332 g/mol. The molecule has 0 radical (unpaired) electrons. The number of carboxylic acid groups (broad SMARTS) is 1. The SMILES string of the molecule is CC(C)=O.CO.ClC(Cl)Cl.O=C(O)c1ccccc1. The highest BCUT2D eigenvalue weighted by Gasteiger charge is 1.96. The fourth-order valence-electron chi connectivity index (χ4n) is 0.581. The molecule has 0 fully saturated rings. The number of alkyl halides is 3. The van der Waals surface area contributed by atoms with Crippen molar-refractivity contribution in [1.29, 1.82) is 0 Å². The quantitative estimate of drug-likeness (QED) is 0.771. The van der Waals surface area contributed by atoms with Crippen LogP contribution in [0.5, 0.6) is 0 Å². The van der Waals surface area contributed by atoms with Crippen LogP contribution in [0.25, 0.3) is 0 Å². The van der Waals surface area contributed by atoms with Gasteiger partial charge in [0.25, 0.3) is 0 Å². The van der Waals surface area contributed by atoms with Crippen LogP contribution in [-0.4, -0.2) is 33.4 Å². The zero-order chi connectivity index (χ0) is 15.8. The molecule has 0 amide bonds. The minimum absolute atomic E-state index is 0.167. The lowest BCUT2D eigenvalue weighted by Crippen LogP contribution is -1.93. The lowest BCUT2D eigenvalue weighted by atomic mass is 10.2. The van der Waals surface area contributed by atoms with Gasteiger partial charge in [-0.3, -0.25) is 0 Å². The van der Waals surface area contributed by atoms with Crippen molar-refractivity contribution in [3.8, 4) is 0 Å². The second kappa shape index (κ2) is 17.2. The number of hydrogen-bond donors (Lipinski definition) is 2. The van der Waals surface area contributed by atoms with Crippen LogP contribution in [0.3, 0.4) is 0 Å². The maximum atomic E-state index is 10.2. The van der Waals surface area contributed by atoms with Crippen molar-refractivity contribution in [2.45, 2.75) is 18.1 Å². The van der Waals surface area contributed by atoms with Gasteiger partial charge in [-0.1, -0.05) is 53.0 Å². The van der Waals surface area contributed by atoms with Gasteiger partial charge in [0.2, 0.25) is 0 Å². The van der Waals surface area contributed by atoms with Crippen molar-refractivity contribution in [3.05, 3.63) is 35.9 Å². The number of rotatable bonds is 1. The first-order valence-corrected chi connectivity index (χ1v) is 6.20. The summed E-state index contributed by atoms with van der Waals surface area (Å²) in [5.74, 6) is -0.712. The first kappa shape index (κ1) is 23.3. The lowest BCUT2D eigenvalue weighted by Gasteiger charge is -1.88. The molecule has 110 valence electrons. The van der Waals surface area contributed by atoms with Gasteiger partial charge in [0, 0.05) is 7.11 Å². The summed E-state index contributed by atoms with van der Waals surface area (Å²) in [5, 5.41) is 15.4. The van der Waals surface area contributed by atoms with Crippen molar-refractivity contribution in [2.24, 2.45) is 0 Å². The Kier molecular flexibility index (Phi) is 21.1. The van der Waals surface area contributed by atoms with E-state index < -0.39 is 10.3 Å². The van der Waals surface area contributed by atoms with Gasteiger partial charge in [-0.05, 0) is 26.0 Å². The Labute approximate surface area is 127 Å². The molecular formula is C12H17Cl3O4. The molecule has 0 bridgehead atoms. The summed E-state index contributed by atoms with van der Waals surface area (Å²) in [6.45, 7) is 3.06. The molecule has 0 atom stereocenters. The van der Waals surface area contributed by atoms with Gasteiger partial charge in [-0.25, -0.2) is 4.79 Å². The van der Waals surface area contributed by atoms with Crippen LogP contribution in [0.1, 0.15) is 24.2 Å². The number of ketones is 1. The number of hydrogen-bond acceptors (Lipinski definition) is 3. The third-order valence-corrected chi connectivity index (χ3v) is 1.02. The molecule has 0 aliphatic rings. The van der Waals surface area contributed by atoms with E-state index in [0.717, 1.165) is 7.11 Å². The summed E-state index contributed by atoms with van der Waals surface area (Å²) in [7, 11) is 1.00. The highest BCUT2D eigenvalue weighted by atomic mass is 35.6. The molecule has 1 aromatic rings. The third-order valence-electron chi connectivity index (χ3n) is 1.02. The van der Waals surface area contributed by atoms with E-state index in [-0.39, 0.29) is 5.78 Å². The Morgan fingerprint density at radius 2 is 1.26 bits per heavy atom. The Hall–Kier alpha value is -0.810. The van der Waals surface area contributed by atoms with E-state index in [1.165, 1.54) is 13.8 Å².